The Bertz CT molecular complexity index is 699. The average molecular weight is 311 g/mol. The van der Waals surface area contributed by atoms with Gasteiger partial charge in [0.1, 0.15) is 11.4 Å². The van der Waals surface area contributed by atoms with Crippen molar-refractivity contribution in [3.8, 4) is 16.9 Å². The van der Waals surface area contributed by atoms with E-state index < -0.39 is 17.8 Å². The van der Waals surface area contributed by atoms with Crippen LogP contribution >= 0.6 is 0 Å². The molecule has 0 saturated carbocycles. The van der Waals surface area contributed by atoms with E-state index >= 15 is 0 Å². The lowest BCUT2D eigenvalue weighted by molar-refractivity contribution is -0.141. The Morgan fingerprint density at radius 1 is 1.14 bits per heavy atom. The Kier molecular flexibility index (Phi) is 4.35. The van der Waals surface area contributed by atoms with Gasteiger partial charge in [-0.1, -0.05) is 18.2 Å². The van der Waals surface area contributed by atoms with E-state index in [-0.39, 0.29) is 11.1 Å². The summed E-state index contributed by atoms with van der Waals surface area (Å²) >= 11 is 0. The zero-order valence-corrected chi connectivity index (χ0v) is 11.8. The lowest BCUT2D eigenvalue weighted by atomic mass is 10.00. The molecule has 0 N–H and O–H groups in total. The third-order valence-corrected chi connectivity index (χ3v) is 3.00. The number of rotatable bonds is 3. The highest BCUT2D eigenvalue weighted by molar-refractivity contribution is 5.98. The first-order valence-corrected chi connectivity index (χ1v) is 6.17. The van der Waals surface area contributed by atoms with Gasteiger partial charge in [0.25, 0.3) is 0 Å². The number of aromatic nitrogens is 1. The first-order valence-electron chi connectivity index (χ1n) is 6.17. The lowest BCUT2D eigenvalue weighted by Gasteiger charge is -2.13. The largest absolute Gasteiger partial charge is 0.496 e. The van der Waals surface area contributed by atoms with Crippen LogP contribution in [0.1, 0.15) is 16.1 Å². The SMILES string of the molecule is COC(=O)c1cc(C(F)(F)F)ncc1-c1ccccc1OC. The minimum atomic E-state index is -4.65. The van der Waals surface area contributed by atoms with Crippen LogP contribution in [-0.4, -0.2) is 25.2 Å². The number of carbonyl (C=O) groups excluding carboxylic acids is 1. The molecular weight excluding hydrogens is 299 g/mol. The molecule has 0 amide bonds. The van der Waals surface area contributed by atoms with Crippen LogP contribution in [0.2, 0.25) is 0 Å². The van der Waals surface area contributed by atoms with Gasteiger partial charge in [-0.05, 0) is 12.1 Å². The predicted octanol–water partition coefficient (Wildman–Crippen LogP) is 3.56. The van der Waals surface area contributed by atoms with Crippen molar-refractivity contribution in [1.82, 2.24) is 4.98 Å². The monoisotopic (exact) mass is 311 g/mol. The molecule has 4 nitrogen and oxygen atoms in total. The minimum absolute atomic E-state index is 0.206. The molecule has 2 aromatic rings. The van der Waals surface area contributed by atoms with E-state index in [0.29, 0.717) is 17.4 Å². The average Bonchev–Trinajstić information content (AvgIpc) is 2.52. The highest BCUT2D eigenvalue weighted by Crippen LogP contribution is 2.35. The van der Waals surface area contributed by atoms with Crippen LogP contribution in [0.15, 0.2) is 36.5 Å². The lowest BCUT2D eigenvalue weighted by Crippen LogP contribution is -2.12. The third-order valence-electron chi connectivity index (χ3n) is 3.00. The maximum atomic E-state index is 12.8. The number of methoxy groups -OCH3 is 2. The summed E-state index contributed by atoms with van der Waals surface area (Å²) in [5.41, 5.74) is -0.732. The molecule has 0 aliphatic rings. The van der Waals surface area contributed by atoms with E-state index in [2.05, 4.69) is 9.72 Å². The molecule has 1 aromatic heterocycles. The fourth-order valence-corrected chi connectivity index (χ4v) is 1.97. The summed E-state index contributed by atoms with van der Waals surface area (Å²) in [5.74, 6) is -0.469. The first-order chi connectivity index (χ1) is 10.4. The predicted molar refractivity (Wildman–Crippen MR) is 72.6 cm³/mol. The molecule has 116 valence electrons. The van der Waals surface area contributed by atoms with Crippen LogP contribution in [0.3, 0.4) is 0 Å². The van der Waals surface area contributed by atoms with Crippen molar-refractivity contribution in [3.63, 3.8) is 0 Å². The van der Waals surface area contributed by atoms with Crippen molar-refractivity contribution < 1.29 is 27.4 Å². The molecule has 1 aromatic carbocycles. The fraction of sp³-hybridized carbons (Fsp3) is 0.200. The molecule has 2 rings (SSSR count). The standard InChI is InChI=1S/C15H12F3NO3/c1-21-12-6-4-3-5-9(12)11-8-19-13(15(16,17)18)7-10(11)14(20)22-2/h3-8H,1-2H3. The summed E-state index contributed by atoms with van der Waals surface area (Å²) in [6, 6.07) is 7.31. The minimum Gasteiger partial charge on any atom is -0.496 e. The van der Waals surface area contributed by atoms with Gasteiger partial charge in [-0.2, -0.15) is 13.2 Å². The molecule has 1 heterocycles. The number of benzene rings is 1. The Morgan fingerprint density at radius 3 is 2.41 bits per heavy atom. The zero-order valence-electron chi connectivity index (χ0n) is 11.8. The van der Waals surface area contributed by atoms with E-state index in [9.17, 15) is 18.0 Å². The molecule has 0 saturated heterocycles. The van der Waals surface area contributed by atoms with Crippen LogP contribution < -0.4 is 4.74 Å². The Hall–Kier alpha value is -2.57. The summed E-state index contributed by atoms with van der Waals surface area (Å²) in [6.45, 7) is 0. The van der Waals surface area contributed by atoms with Crippen molar-refractivity contribution >= 4 is 5.97 Å². The number of hydrogen-bond donors (Lipinski definition) is 0. The van der Waals surface area contributed by atoms with Gasteiger partial charge >= 0.3 is 12.1 Å². The number of ether oxygens (including phenoxy) is 2. The fourth-order valence-electron chi connectivity index (χ4n) is 1.97. The highest BCUT2D eigenvalue weighted by atomic mass is 19.4. The molecule has 0 bridgehead atoms. The van der Waals surface area contributed by atoms with Gasteiger partial charge < -0.3 is 9.47 Å². The van der Waals surface area contributed by atoms with Crippen LogP contribution in [0.4, 0.5) is 13.2 Å². The number of halogens is 3. The van der Waals surface area contributed by atoms with Gasteiger partial charge in [-0.3, -0.25) is 4.98 Å². The van der Waals surface area contributed by atoms with Crippen molar-refractivity contribution in [2.75, 3.05) is 14.2 Å². The molecule has 0 fully saturated rings. The second kappa shape index (κ2) is 6.05. The maximum absolute atomic E-state index is 12.8. The van der Waals surface area contributed by atoms with Gasteiger partial charge in [0.05, 0.1) is 19.8 Å². The van der Waals surface area contributed by atoms with Crippen LogP contribution in [0.5, 0.6) is 5.75 Å². The summed E-state index contributed by atoms with van der Waals surface area (Å²) in [5, 5.41) is 0. The molecule has 0 aliphatic heterocycles. The first kappa shape index (κ1) is 15.8. The van der Waals surface area contributed by atoms with Gasteiger partial charge in [-0.15, -0.1) is 0 Å². The van der Waals surface area contributed by atoms with Gasteiger partial charge in [0.2, 0.25) is 0 Å². The Labute approximate surface area is 124 Å². The van der Waals surface area contributed by atoms with Crippen LogP contribution in [0.25, 0.3) is 11.1 Å². The van der Waals surface area contributed by atoms with Gasteiger partial charge in [0.15, 0.2) is 0 Å². The smallest absolute Gasteiger partial charge is 0.433 e. The Morgan fingerprint density at radius 2 is 1.82 bits per heavy atom. The molecule has 0 atom stereocenters. The van der Waals surface area contributed by atoms with Gasteiger partial charge in [0, 0.05) is 17.3 Å². The molecule has 0 aliphatic carbocycles. The summed E-state index contributed by atoms with van der Waals surface area (Å²) in [6.07, 6.45) is -3.66. The van der Waals surface area contributed by atoms with E-state index in [1.807, 2.05) is 0 Å². The second-order valence-corrected chi connectivity index (χ2v) is 4.30. The molecule has 0 unspecified atom stereocenters. The summed E-state index contributed by atoms with van der Waals surface area (Å²) in [4.78, 5) is 15.2. The third kappa shape index (κ3) is 3.03. The number of pyridine rings is 1. The number of para-hydroxylation sites is 1. The number of hydrogen-bond acceptors (Lipinski definition) is 4. The normalized spacial score (nSPS) is 11.1. The van der Waals surface area contributed by atoms with Crippen LogP contribution in [0, 0.1) is 0 Å². The summed E-state index contributed by atoms with van der Waals surface area (Å²) in [7, 11) is 2.52. The van der Waals surface area contributed by atoms with E-state index in [1.54, 1.807) is 24.3 Å². The topological polar surface area (TPSA) is 48.4 Å². The highest BCUT2D eigenvalue weighted by Gasteiger charge is 2.34. The molecule has 0 spiro atoms. The van der Waals surface area contributed by atoms with Crippen molar-refractivity contribution in [2.24, 2.45) is 0 Å². The van der Waals surface area contributed by atoms with E-state index in [1.165, 1.54) is 7.11 Å². The van der Waals surface area contributed by atoms with Crippen molar-refractivity contribution in [2.45, 2.75) is 6.18 Å². The van der Waals surface area contributed by atoms with Crippen molar-refractivity contribution in [1.29, 1.82) is 0 Å². The number of esters is 1. The number of carbonyl (C=O) groups is 1. The Balaban J connectivity index is 2.68. The quantitative estimate of drug-likeness (QED) is 0.813. The second-order valence-electron chi connectivity index (χ2n) is 4.30. The summed E-state index contributed by atoms with van der Waals surface area (Å²) < 4.78 is 48.1. The molecule has 0 radical (unpaired) electrons. The molecular formula is C15H12F3NO3. The number of nitrogens with zero attached hydrogens (tertiary/aromatic N) is 1. The maximum Gasteiger partial charge on any atom is 0.433 e. The van der Waals surface area contributed by atoms with E-state index in [4.69, 9.17) is 4.74 Å². The zero-order chi connectivity index (χ0) is 16.3. The molecule has 7 heteroatoms. The van der Waals surface area contributed by atoms with Crippen molar-refractivity contribution in [3.05, 3.63) is 47.8 Å². The van der Waals surface area contributed by atoms with E-state index in [0.717, 1.165) is 13.3 Å². The van der Waals surface area contributed by atoms with Crippen LogP contribution in [-0.2, 0) is 10.9 Å². The number of alkyl halides is 3. The van der Waals surface area contributed by atoms with Gasteiger partial charge in [-0.25, -0.2) is 4.79 Å². The molecule has 22 heavy (non-hydrogen) atoms.